The molecule has 0 aromatic heterocycles. The van der Waals surface area contributed by atoms with Gasteiger partial charge in [0, 0.05) is 0 Å². The summed E-state index contributed by atoms with van der Waals surface area (Å²) in [7, 11) is -37.3. The van der Waals surface area contributed by atoms with Crippen LogP contribution in [-0.2, 0) is 97.4 Å². The molecule has 2 aliphatic rings. The van der Waals surface area contributed by atoms with Gasteiger partial charge in [-0.2, -0.15) is 67.3 Å². The number of hydrogen-bond donors (Lipinski definition) is 24. The molecule has 0 aliphatic carbocycles. The van der Waals surface area contributed by atoms with Crippen LogP contribution in [0.25, 0.3) is 0 Å². The van der Waals surface area contributed by atoms with E-state index in [-0.39, 0.29) is 17.4 Å². The molecule has 0 radical (unpaired) electrons. The van der Waals surface area contributed by atoms with Gasteiger partial charge < -0.3 is 55.1 Å². The van der Waals surface area contributed by atoms with Crippen molar-refractivity contribution < 1.29 is 195 Å². The highest BCUT2D eigenvalue weighted by Crippen LogP contribution is 2.35. The summed E-state index contributed by atoms with van der Waals surface area (Å²) in [5.74, 6) is -2.22. The summed E-state index contributed by atoms with van der Waals surface area (Å²) in [6, 6.07) is 0. The van der Waals surface area contributed by atoms with Crippen molar-refractivity contribution in [2.24, 2.45) is 0 Å². The Kier molecular flexibility index (Phi) is 42.0. The summed E-state index contributed by atoms with van der Waals surface area (Å²) in [5, 5.41) is 76.7. The Labute approximate surface area is 368 Å². The quantitative estimate of drug-likeness (QED) is 0.0898. The Morgan fingerprint density at radius 1 is 0.375 bits per heavy atom. The van der Waals surface area contributed by atoms with Crippen LogP contribution in [-0.4, -0.2) is 273 Å². The average molecular weight is 1160 g/mol. The van der Waals surface area contributed by atoms with Gasteiger partial charge in [-0.15, -0.1) is 0 Å². The topological polar surface area (TPSA) is 786 Å². The van der Waals surface area contributed by atoms with Crippen LogP contribution in [0, 0.1) is 0 Å². The molecular formula is C12H41AlO43S8. The highest BCUT2D eigenvalue weighted by molar-refractivity contribution is 7.81. The first-order valence-corrected chi connectivity index (χ1v) is 23.8. The highest BCUT2D eigenvalue weighted by Gasteiger charge is 2.58. The smallest absolute Gasteiger partial charge is 0.394 e. The molecule has 43 nitrogen and oxygen atoms in total. The maximum atomic E-state index is 10.00. The lowest BCUT2D eigenvalue weighted by Gasteiger charge is -2.43. The van der Waals surface area contributed by atoms with Crippen LogP contribution in [0.2, 0.25) is 0 Å². The zero-order valence-electron chi connectivity index (χ0n) is 29.0. The molecule has 0 unspecified atom stereocenters. The normalized spacial score (nSPS) is 25.6. The highest BCUT2D eigenvalue weighted by atomic mass is 32.3. The molecule has 2 fully saturated rings. The van der Waals surface area contributed by atoms with Gasteiger partial charge >= 0.3 is 83.2 Å². The molecule has 0 spiro atoms. The zero-order chi connectivity index (χ0) is 53.4. The Bertz CT molecular complexity index is 1720. The van der Waals surface area contributed by atoms with E-state index in [1.165, 1.54) is 0 Å². The molecule has 398 valence electrons. The lowest BCUT2D eigenvalue weighted by molar-refractivity contribution is -0.383. The number of ether oxygens (including phenoxy) is 3. The molecule has 0 amide bonds. The van der Waals surface area contributed by atoms with Crippen LogP contribution in [0.5, 0.6) is 0 Å². The van der Waals surface area contributed by atoms with E-state index in [1.54, 1.807) is 0 Å². The van der Waals surface area contributed by atoms with E-state index in [9.17, 15) is 30.6 Å². The van der Waals surface area contributed by atoms with Crippen LogP contribution < -0.4 is 0 Å². The van der Waals surface area contributed by atoms with Gasteiger partial charge in [0.2, 0.25) is 5.79 Å². The monoisotopic (exact) mass is 1160 g/mol. The summed E-state index contributed by atoms with van der Waals surface area (Å²) in [6.45, 7) is -2.32. The van der Waals surface area contributed by atoms with Crippen molar-refractivity contribution in [3.05, 3.63) is 0 Å². The van der Waals surface area contributed by atoms with Crippen molar-refractivity contribution in [2.75, 3.05) is 19.8 Å². The van der Waals surface area contributed by atoms with E-state index >= 15 is 0 Å². The minimum atomic E-state index is -4.67. The largest absolute Gasteiger partial charge is 0.394 e. The Hall–Kier alpha value is -0.948. The number of aliphatic hydroxyl groups is 8. The Balaban J connectivity index is -0.000000105. The Morgan fingerprint density at radius 3 is 0.766 bits per heavy atom. The van der Waals surface area contributed by atoms with Gasteiger partial charge in [-0.3, -0.25) is 72.8 Å². The second-order valence-corrected chi connectivity index (χ2v) is 16.3. The van der Waals surface area contributed by atoms with Crippen molar-refractivity contribution in [1.82, 2.24) is 0 Å². The van der Waals surface area contributed by atoms with Crippen LogP contribution in [0.4, 0.5) is 0 Å². The van der Waals surface area contributed by atoms with E-state index < -0.39 is 158 Å². The minimum absolute atomic E-state index is 0. The zero-order valence-corrected chi connectivity index (χ0v) is 35.5. The summed E-state index contributed by atoms with van der Waals surface area (Å²) in [6.07, 6.45) is -12.7. The van der Waals surface area contributed by atoms with Crippen LogP contribution in [0.1, 0.15) is 0 Å². The van der Waals surface area contributed by atoms with Gasteiger partial charge in [0.15, 0.2) is 23.7 Å². The second kappa shape index (κ2) is 33.5. The summed E-state index contributed by atoms with van der Waals surface area (Å²) in [5.41, 5.74) is 0. The molecule has 2 saturated heterocycles. The van der Waals surface area contributed by atoms with E-state index in [4.69, 9.17) is 165 Å². The predicted molar refractivity (Wildman–Crippen MR) is 192 cm³/mol. The third-order valence-electron chi connectivity index (χ3n) is 4.07. The first-order chi connectivity index (χ1) is 26.8. The van der Waals surface area contributed by atoms with E-state index in [2.05, 4.69) is 0 Å². The lowest BCUT2D eigenvalue weighted by atomic mass is 9.99. The third kappa shape index (κ3) is 87.9. The Morgan fingerprint density at radius 2 is 0.594 bits per heavy atom. The van der Waals surface area contributed by atoms with Crippen molar-refractivity contribution in [3.8, 4) is 0 Å². The fourth-order valence-electron chi connectivity index (χ4n) is 2.63. The molecule has 2 heterocycles. The predicted octanol–water partition coefficient (Wildman–Crippen LogP) is -11.8. The molecule has 2 rings (SSSR count). The number of rotatable bonds is 5. The third-order valence-corrected chi connectivity index (χ3v) is 4.07. The number of aliphatic hydroxyl groups excluding tert-OH is 8. The van der Waals surface area contributed by atoms with E-state index in [1.807, 2.05) is 0 Å². The van der Waals surface area contributed by atoms with Gasteiger partial charge in [0.05, 0.1) is 13.2 Å². The van der Waals surface area contributed by atoms with Crippen molar-refractivity contribution in [2.45, 2.75) is 54.8 Å². The van der Waals surface area contributed by atoms with E-state index in [0.717, 1.165) is 0 Å². The summed E-state index contributed by atoms with van der Waals surface area (Å²) in [4.78, 5) is 0. The first kappa shape index (κ1) is 80.1. The summed E-state index contributed by atoms with van der Waals surface area (Å²) >= 11 is 0. The molecule has 0 bridgehead atoms. The van der Waals surface area contributed by atoms with Crippen molar-refractivity contribution in [1.29, 1.82) is 0 Å². The molecule has 0 aromatic rings. The maximum absolute atomic E-state index is 10.00. The fraction of sp³-hybridized carbons (Fsp3) is 1.00. The van der Waals surface area contributed by atoms with Crippen molar-refractivity contribution >= 4 is 101 Å². The first-order valence-electron chi connectivity index (χ1n) is 12.6. The van der Waals surface area contributed by atoms with Gasteiger partial charge in [-0.1, -0.05) is 0 Å². The molecule has 52 heteroatoms. The van der Waals surface area contributed by atoms with Crippen LogP contribution in [0.15, 0.2) is 0 Å². The molecule has 0 saturated carbocycles. The van der Waals surface area contributed by atoms with Gasteiger partial charge in [-0.25, -0.2) is 0 Å². The van der Waals surface area contributed by atoms with Crippen LogP contribution >= 0.6 is 0 Å². The SMILES string of the molecule is O=S(=O)(O)O.O=S(=O)(O)O.O=S(=O)(O)O.O=S(=O)(O)O.O=S(=O)(O)O.O=S(=O)(O)O.O=S(=O)(O)O.O=S(=O)(O)O.OC[C@H]1O[C@@](CO)(O[C@H]2O[C@H](CO)[C@@H](O)[C@H](O)[C@H]2O)[C@@H](O)[C@@H]1O.[AlH3]. The van der Waals surface area contributed by atoms with Gasteiger partial charge in [0.25, 0.3) is 0 Å². The fourth-order valence-corrected chi connectivity index (χ4v) is 2.63. The standard InChI is InChI=1S/C12H22O11.Al.8H2O4S.3H/c13-1-4-6(16)8(18)9(19)11(21-4)23-12(3-15)10(20)7(17)5(2-14)22-12;;8*1-5(2,3)4;;;/h4-11,13-20H,1-3H2;;8*(H2,1,2,3,4);;;/t4-,5-,6-,7-,8+,9-,10+,11-,12+;;;;;;;;;;;;/m1............/s1. The molecular weight excluding hydrogens is 1120 g/mol. The average Bonchev–Trinajstić information content (AvgIpc) is 3.15. The molecule has 64 heavy (non-hydrogen) atoms. The molecule has 2 aliphatic heterocycles. The minimum Gasteiger partial charge on any atom is -0.394 e. The molecule has 9 atom stereocenters. The summed E-state index contributed by atoms with van der Waals surface area (Å²) < 4.78 is 268. The van der Waals surface area contributed by atoms with Gasteiger partial charge in [0.1, 0.15) is 49.3 Å². The maximum Gasteiger partial charge on any atom is 0.394 e. The molecule has 24 N–H and O–H groups in total. The second-order valence-electron chi connectivity index (χ2n) is 9.14. The number of hydrogen-bond acceptors (Lipinski definition) is 27. The lowest BCUT2D eigenvalue weighted by Crippen LogP contribution is -2.62. The van der Waals surface area contributed by atoms with Crippen LogP contribution in [0.3, 0.4) is 0 Å². The molecule has 0 aromatic carbocycles. The van der Waals surface area contributed by atoms with Gasteiger partial charge in [-0.05, 0) is 0 Å². The van der Waals surface area contributed by atoms with Crippen molar-refractivity contribution in [3.63, 3.8) is 0 Å². The van der Waals surface area contributed by atoms with E-state index in [0.29, 0.717) is 0 Å².